The summed E-state index contributed by atoms with van der Waals surface area (Å²) in [6.07, 6.45) is 2.45. The van der Waals surface area contributed by atoms with E-state index >= 15 is 0 Å². The number of nitrogens with one attached hydrogen (secondary N) is 1. The van der Waals surface area contributed by atoms with Crippen molar-refractivity contribution in [1.82, 2.24) is 9.97 Å². The molecule has 104 valence electrons. The highest BCUT2D eigenvalue weighted by atomic mass is 79.9. The van der Waals surface area contributed by atoms with Crippen LogP contribution < -0.4 is 0 Å². The molecule has 4 rings (SSSR count). The topological polar surface area (TPSA) is 28.7 Å². The quantitative estimate of drug-likeness (QED) is 0.605. The number of halogens is 1. The van der Waals surface area contributed by atoms with Crippen molar-refractivity contribution in [3.05, 3.63) is 57.3 Å². The van der Waals surface area contributed by atoms with E-state index in [9.17, 15) is 0 Å². The Morgan fingerprint density at radius 2 is 1.86 bits per heavy atom. The van der Waals surface area contributed by atoms with Gasteiger partial charge in [0.05, 0.1) is 4.47 Å². The van der Waals surface area contributed by atoms with E-state index in [1.165, 1.54) is 29.3 Å². The van der Waals surface area contributed by atoms with Crippen LogP contribution in [0.3, 0.4) is 0 Å². The molecule has 1 aliphatic rings. The number of fused-ring (bicyclic) bond motifs is 1. The lowest BCUT2D eigenvalue weighted by atomic mass is 10.1. The molecule has 1 aliphatic carbocycles. The van der Waals surface area contributed by atoms with E-state index in [2.05, 4.69) is 68.4 Å². The molecule has 3 aromatic rings. The Labute approximate surface area is 136 Å². The third-order valence-corrected chi connectivity index (χ3v) is 5.26. The second kappa shape index (κ2) is 5.04. The van der Waals surface area contributed by atoms with Gasteiger partial charge in [0.25, 0.3) is 0 Å². The minimum atomic E-state index is 0.600. The summed E-state index contributed by atoms with van der Waals surface area (Å²) in [7, 11) is 0. The van der Waals surface area contributed by atoms with Crippen LogP contribution in [-0.2, 0) is 0 Å². The zero-order valence-electron chi connectivity index (χ0n) is 11.3. The second-order valence-electron chi connectivity index (χ2n) is 5.45. The maximum atomic E-state index is 5.39. The van der Waals surface area contributed by atoms with Crippen molar-refractivity contribution in [2.24, 2.45) is 0 Å². The summed E-state index contributed by atoms with van der Waals surface area (Å²) in [5, 5.41) is 2.45. The first-order valence-electron chi connectivity index (χ1n) is 7.01. The highest BCUT2D eigenvalue weighted by Gasteiger charge is 2.27. The minimum absolute atomic E-state index is 0.600. The SMILES string of the molecule is S=c1nc(-c2ccc3ccccc3c2)[nH]c(C2CC2)c1Br. The Hall–Kier alpha value is -1.52. The molecule has 4 heteroatoms. The minimum Gasteiger partial charge on any atom is -0.342 e. The van der Waals surface area contributed by atoms with Crippen molar-refractivity contribution in [3.8, 4) is 11.4 Å². The van der Waals surface area contributed by atoms with Crippen LogP contribution in [0.4, 0.5) is 0 Å². The van der Waals surface area contributed by atoms with Crippen LogP contribution in [0.15, 0.2) is 46.9 Å². The van der Waals surface area contributed by atoms with E-state index in [1.54, 1.807) is 0 Å². The Balaban J connectivity index is 1.89. The second-order valence-corrected chi connectivity index (χ2v) is 6.63. The van der Waals surface area contributed by atoms with Crippen LogP contribution in [0.25, 0.3) is 22.2 Å². The van der Waals surface area contributed by atoms with Gasteiger partial charge in [0, 0.05) is 17.2 Å². The molecule has 1 fully saturated rings. The molecule has 21 heavy (non-hydrogen) atoms. The van der Waals surface area contributed by atoms with Crippen LogP contribution in [0, 0.1) is 4.64 Å². The number of rotatable bonds is 2. The summed E-state index contributed by atoms with van der Waals surface area (Å²) < 4.78 is 1.59. The van der Waals surface area contributed by atoms with Crippen LogP contribution in [0.2, 0.25) is 0 Å². The van der Waals surface area contributed by atoms with Gasteiger partial charge in [-0.25, -0.2) is 4.98 Å². The van der Waals surface area contributed by atoms with Crippen molar-refractivity contribution in [2.75, 3.05) is 0 Å². The largest absolute Gasteiger partial charge is 0.342 e. The van der Waals surface area contributed by atoms with E-state index in [0.717, 1.165) is 15.9 Å². The number of H-pyrrole nitrogens is 1. The number of benzene rings is 2. The molecule has 0 saturated heterocycles. The zero-order valence-corrected chi connectivity index (χ0v) is 13.7. The van der Waals surface area contributed by atoms with Gasteiger partial charge in [0.2, 0.25) is 0 Å². The first-order valence-corrected chi connectivity index (χ1v) is 8.21. The molecule has 0 atom stereocenters. The Kier molecular flexibility index (Phi) is 3.16. The molecule has 0 spiro atoms. The fourth-order valence-electron chi connectivity index (χ4n) is 2.60. The number of aromatic amines is 1. The van der Waals surface area contributed by atoms with Crippen LogP contribution >= 0.6 is 28.1 Å². The van der Waals surface area contributed by atoms with Crippen molar-refractivity contribution in [3.63, 3.8) is 0 Å². The van der Waals surface area contributed by atoms with Crippen LogP contribution in [0.5, 0.6) is 0 Å². The van der Waals surface area contributed by atoms with E-state index in [4.69, 9.17) is 12.2 Å². The van der Waals surface area contributed by atoms with Crippen molar-refractivity contribution in [1.29, 1.82) is 0 Å². The Morgan fingerprint density at radius 3 is 2.62 bits per heavy atom. The maximum absolute atomic E-state index is 5.39. The summed E-state index contributed by atoms with van der Waals surface area (Å²) >= 11 is 8.96. The third kappa shape index (κ3) is 2.43. The monoisotopic (exact) mass is 356 g/mol. The lowest BCUT2D eigenvalue weighted by Gasteiger charge is -2.08. The van der Waals surface area contributed by atoms with Gasteiger partial charge in [0.1, 0.15) is 10.5 Å². The normalized spacial score (nSPS) is 14.5. The van der Waals surface area contributed by atoms with Gasteiger partial charge >= 0.3 is 0 Å². The third-order valence-electron chi connectivity index (χ3n) is 3.90. The molecular weight excluding hydrogens is 344 g/mol. The average molecular weight is 357 g/mol. The van der Waals surface area contributed by atoms with E-state index in [0.29, 0.717) is 10.6 Å². The molecule has 0 bridgehead atoms. The molecule has 0 radical (unpaired) electrons. The summed E-state index contributed by atoms with van der Waals surface area (Å²) in [5.74, 6) is 1.46. The van der Waals surface area contributed by atoms with Crippen LogP contribution in [0.1, 0.15) is 24.5 Å². The molecule has 0 amide bonds. The molecule has 1 saturated carbocycles. The van der Waals surface area contributed by atoms with Crippen molar-refractivity contribution in [2.45, 2.75) is 18.8 Å². The van der Waals surface area contributed by atoms with Gasteiger partial charge in [-0.2, -0.15) is 0 Å². The first kappa shape index (κ1) is 13.2. The predicted octanol–water partition coefficient (Wildman–Crippen LogP) is 5.60. The van der Waals surface area contributed by atoms with Crippen LogP contribution in [-0.4, -0.2) is 9.97 Å². The van der Waals surface area contributed by atoms with Gasteiger partial charge in [-0.1, -0.05) is 48.6 Å². The fraction of sp³-hybridized carbons (Fsp3) is 0.176. The maximum Gasteiger partial charge on any atom is 0.144 e. The lowest BCUT2D eigenvalue weighted by molar-refractivity contribution is 0.973. The molecule has 1 N–H and O–H groups in total. The molecule has 2 aromatic carbocycles. The molecular formula is C17H13BrN2S. The van der Waals surface area contributed by atoms with Gasteiger partial charge < -0.3 is 4.98 Å². The molecule has 1 aromatic heterocycles. The van der Waals surface area contributed by atoms with Crippen molar-refractivity contribution >= 4 is 38.9 Å². The smallest absolute Gasteiger partial charge is 0.144 e. The summed E-state index contributed by atoms with van der Waals surface area (Å²) in [6, 6.07) is 14.7. The Morgan fingerprint density at radius 1 is 1.10 bits per heavy atom. The summed E-state index contributed by atoms with van der Waals surface area (Å²) in [4.78, 5) is 8.00. The van der Waals surface area contributed by atoms with Gasteiger partial charge in [-0.3, -0.25) is 0 Å². The lowest BCUT2D eigenvalue weighted by Crippen LogP contribution is -1.97. The molecule has 0 unspecified atom stereocenters. The fourth-order valence-corrected chi connectivity index (χ4v) is 3.32. The molecule has 0 aliphatic heterocycles. The van der Waals surface area contributed by atoms with Gasteiger partial charge in [-0.05, 0) is 45.6 Å². The average Bonchev–Trinajstić information content (AvgIpc) is 3.34. The van der Waals surface area contributed by atoms with Crippen molar-refractivity contribution < 1.29 is 0 Å². The van der Waals surface area contributed by atoms with E-state index in [1.807, 2.05) is 0 Å². The molecule has 2 nitrogen and oxygen atoms in total. The summed E-state index contributed by atoms with van der Waals surface area (Å²) in [6.45, 7) is 0. The first-order chi connectivity index (χ1) is 10.2. The molecule has 1 heterocycles. The summed E-state index contributed by atoms with van der Waals surface area (Å²) in [5.41, 5.74) is 2.27. The number of hydrogen-bond acceptors (Lipinski definition) is 2. The standard InChI is InChI=1S/C17H13BrN2S/c18-14-15(11-6-7-11)19-16(20-17(14)21)13-8-5-10-3-1-2-4-12(10)9-13/h1-5,8-9,11H,6-7H2,(H,19,20,21). The number of aromatic nitrogens is 2. The zero-order chi connectivity index (χ0) is 14.4. The Bertz CT molecular complexity index is 897. The number of hydrogen-bond donors (Lipinski definition) is 1. The van der Waals surface area contributed by atoms with Gasteiger partial charge in [0.15, 0.2) is 0 Å². The predicted molar refractivity (Wildman–Crippen MR) is 92.0 cm³/mol. The highest BCUT2D eigenvalue weighted by Crippen LogP contribution is 2.42. The van der Waals surface area contributed by atoms with E-state index < -0.39 is 0 Å². The highest BCUT2D eigenvalue weighted by molar-refractivity contribution is 9.10. The van der Waals surface area contributed by atoms with E-state index in [-0.39, 0.29) is 0 Å². The van der Waals surface area contributed by atoms with Gasteiger partial charge in [-0.15, -0.1) is 0 Å². The number of nitrogens with zero attached hydrogens (tertiary/aromatic N) is 1.